The van der Waals surface area contributed by atoms with Gasteiger partial charge in [0.05, 0.1) is 33.0 Å². The second kappa shape index (κ2) is 8.49. The minimum atomic E-state index is -0.120. The number of halogens is 3. The zero-order chi connectivity index (χ0) is 18.7. The van der Waals surface area contributed by atoms with Gasteiger partial charge >= 0.3 is 0 Å². The molecule has 3 rings (SSSR count). The van der Waals surface area contributed by atoms with Crippen molar-refractivity contribution in [2.45, 2.75) is 6.92 Å². The molecule has 1 fully saturated rings. The number of nitrogens with zero attached hydrogens (tertiary/aromatic N) is 2. The SMILES string of the molecule is Cc1ccc(Cl)c(NC(=O)CN2CCN(c3ccccc3Cl)CC2)c1Cl. The first-order valence-corrected chi connectivity index (χ1v) is 9.55. The first-order valence-electron chi connectivity index (χ1n) is 8.42. The summed E-state index contributed by atoms with van der Waals surface area (Å²) in [4.78, 5) is 16.7. The number of hydrogen-bond acceptors (Lipinski definition) is 3. The highest BCUT2D eigenvalue weighted by atomic mass is 35.5. The second-order valence-corrected chi connectivity index (χ2v) is 7.51. The molecule has 0 aromatic heterocycles. The monoisotopic (exact) mass is 411 g/mol. The predicted molar refractivity (Wildman–Crippen MR) is 110 cm³/mol. The fourth-order valence-electron chi connectivity index (χ4n) is 3.01. The minimum Gasteiger partial charge on any atom is -0.368 e. The summed E-state index contributed by atoms with van der Waals surface area (Å²) in [5.74, 6) is -0.120. The molecule has 1 heterocycles. The van der Waals surface area contributed by atoms with Crippen molar-refractivity contribution in [3.05, 3.63) is 57.0 Å². The molecule has 138 valence electrons. The van der Waals surface area contributed by atoms with E-state index in [1.54, 1.807) is 6.07 Å². The summed E-state index contributed by atoms with van der Waals surface area (Å²) in [7, 11) is 0. The van der Waals surface area contributed by atoms with Crippen LogP contribution in [-0.4, -0.2) is 43.5 Å². The van der Waals surface area contributed by atoms with Crippen molar-refractivity contribution in [3.63, 3.8) is 0 Å². The molecular weight excluding hydrogens is 393 g/mol. The first-order chi connectivity index (χ1) is 12.5. The Morgan fingerprint density at radius 2 is 1.69 bits per heavy atom. The average molecular weight is 413 g/mol. The predicted octanol–water partition coefficient (Wildman–Crippen LogP) is 4.72. The number of rotatable bonds is 4. The van der Waals surface area contributed by atoms with Gasteiger partial charge < -0.3 is 10.2 Å². The molecule has 1 saturated heterocycles. The smallest absolute Gasteiger partial charge is 0.238 e. The molecule has 26 heavy (non-hydrogen) atoms. The molecule has 0 saturated carbocycles. The average Bonchev–Trinajstić information content (AvgIpc) is 2.63. The van der Waals surface area contributed by atoms with Gasteiger partial charge in [-0.3, -0.25) is 9.69 Å². The number of aryl methyl sites for hydroxylation is 1. The summed E-state index contributed by atoms with van der Waals surface area (Å²) in [5, 5.41) is 4.51. The number of piperazine rings is 1. The van der Waals surface area contributed by atoms with Crippen molar-refractivity contribution in [1.82, 2.24) is 4.90 Å². The maximum Gasteiger partial charge on any atom is 0.238 e. The summed E-state index contributed by atoms with van der Waals surface area (Å²) in [6.07, 6.45) is 0. The van der Waals surface area contributed by atoms with E-state index in [2.05, 4.69) is 15.1 Å². The molecule has 1 amide bonds. The Labute approximate surface area is 168 Å². The summed E-state index contributed by atoms with van der Waals surface area (Å²) in [6, 6.07) is 11.4. The van der Waals surface area contributed by atoms with Crippen molar-refractivity contribution < 1.29 is 4.79 Å². The summed E-state index contributed by atoms with van der Waals surface area (Å²) in [6.45, 7) is 5.40. The lowest BCUT2D eigenvalue weighted by atomic mass is 10.2. The van der Waals surface area contributed by atoms with Crippen molar-refractivity contribution in [2.24, 2.45) is 0 Å². The van der Waals surface area contributed by atoms with Crippen LogP contribution < -0.4 is 10.2 Å². The van der Waals surface area contributed by atoms with Crippen LogP contribution in [0.2, 0.25) is 15.1 Å². The summed E-state index contributed by atoms with van der Waals surface area (Å²) in [5.41, 5.74) is 2.39. The molecule has 0 radical (unpaired) electrons. The van der Waals surface area contributed by atoms with E-state index in [0.29, 0.717) is 22.3 Å². The van der Waals surface area contributed by atoms with Gasteiger partial charge in [0.15, 0.2) is 0 Å². The van der Waals surface area contributed by atoms with Crippen molar-refractivity contribution in [1.29, 1.82) is 0 Å². The molecule has 0 aliphatic carbocycles. The Hall–Kier alpha value is -1.46. The highest BCUT2D eigenvalue weighted by Crippen LogP contribution is 2.33. The molecule has 0 spiro atoms. The van der Waals surface area contributed by atoms with Gasteiger partial charge in [0.2, 0.25) is 5.91 Å². The lowest BCUT2D eigenvalue weighted by molar-refractivity contribution is -0.117. The van der Waals surface area contributed by atoms with Gasteiger partial charge in [0.1, 0.15) is 0 Å². The molecule has 2 aromatic carbocycles. The molecular formula is C19H20Cl3N3O. The third kappa shape index (κ3) is 4.44. The Kier molecular flexibility index (Phi) is 6.30. The third-order valence-corrected chi connectivity index (χ3v) is 5.60. The Balaban J connectivity index is 1.56. The minimum absolute atomic E-state index is 0.120. The zero-order valence-corrected chi connectivity index (χ0v) is 16.7. The largest absolute Gasteiger partial charge is 0.368 e. The molecule has 2 aromatic rings. The fraction of sp³-hybridized carbons (Fsp3) is 0.316. The van der Waals surface area contributed by atoms with Crippen LogP contribution in [0.3, 0.4) is 0 Å². The van der Waals surface area contributed by atoms with Gasteiger partial charge in [-0.1, -0.05) is 53.0 Å². The fourth-order valence-corrected chi connectivity index (χ4v) is 3.73. The maximum atomic E-state index is 12.4. The highest BCUT2D eigenvalue weighted by Gasteiger charge is 2.21. The number of carbonyl (C=O) groups is 1. The number of amides is 1. The Morgan fingerprint density at radius 1 is 1.00 bits per heavy atom. The van der Waals surface area contributed by atoms with Crippen LogP contribution in [0.5, 0.6) is 0 Å². The molecule has 1 aliphatic heterocycles. The summed E-state index contributed by atoms with van der Waals surface area (Å²) >= 11 is 18.7. The maximum absolute atomic E-state index is 12.4. The van der Waals surface area contributed by atoms with E-state index in [4.69, 9.17) is 34.8 Å². The normalized spacial score (nSPS) is 15.2. The van der Waals surface area contributed by atoms with Crippen LogP contribution in [0.25, 0.3) is 0 Å². The van der Waals surface area contributed by atoms with Gasteiger partial charge in [0.25, 0.3) is 0 Å². The number of hydrogen-bond donors (Lipinski definition) is 1. The number of para-hydroxylation sites is 1. The third-order valence-electron chi connectivity index (χ3n) is 4.48. The van der Waals surface area contributed by atoms with E-state index in [-0.39, 0.29) is 5.91 Å². The van der Waals surface area contributed by atoms with Gasteiger partial charge in [-0.15, -0.1) is 0 Å². The number of nitrogens with one attached hydrogen (secondary N) is 1. The number of carbonyl (C=O) groups excluding carboxylic acids is 1. The van der Waals surface area contributed by atoms with Crippen LogP contribution in [-0.2, 0) is 4.79 Å². The van der Waals surface area contributed by atoms with Gasteiger partial charge in [-0.25, -0.2) is 0 Å². The van der Waals surface area contributed by atoms with Crippen LogP contribution in [0.15, 0.2) is 36.4 Å². The van der Waals surface area contributed by atoms with Crippen molar-refractivity contribution in [3.8, 4) is 0 Å². The van der Waals surface area contributed by atoms with Gasteiger partial charge in [0, 0.05) is 26.2 Å². The molecule has 1 aliphatic rings. The quantitative estimate of drug-likeness (QED) is 0.789. The molecule has 0 atom stereocenters. The van der Waals surface area contributed by atoms with E-state index < -0.39 is 0 Å². The number of anilines is 2. The molecule has 1 N–H and O–H groups in total. The van der Waals surface area contributed by atoms with E-state index in [1.807, 2.05) is 37.3 Å². The van der Waals surface area contributed by atoms with Crippen LogP contribution in [0, 0.1) is 6.92 Å². The molecule has 0 unspecified atom stereocenters. The van der Waals surface area contributed by atoms with E-state index >= 15 is 0 Å². The lowest BCUT2D eigenvalue weighted by Crippen LogP contribution is -2.48. The van der Waals surface area contributed by atoms with Gasteiger partial charge in [-0.05, 0) is 30.7 Å². The van der Waals surface area contributed by atoms with Crippen molar-refractivity contribution in [2.75, 3.05) is 42.9 Å². The highest BCUT2D eigenvalue weighted by molar-refractivity contribution is 6.40. The Morgan fingerprint density at radius 3 is 2.38 bits per heavy atom. The van der Waals surface area contributed by atoms with E-state index in [0.717, 1.165) is 42.5 Å². The second-order valence-electron chi connectivity index (χ2n) is 6.32. The standard InChI is InChI=1S/C19H20Cl3N3O/c1-13-6-7-15(21)19(18(13)22)23-17(26)12-24-8-10-25(11-9-24)16-5-3-2-4-14(16)20/h2-7H,8-12H2,1H3,(H,23,26). The first kappa shape index (κ1) is 19.3. The Bertz CT molecular complexity index is 805. The van der Waals surface area contributed by atoms with Crippen LogP contribution in [0.4, 0.5) is 11.4 Å². The van der Waals surface area contributed by atoms with Crippen LogP contribution >= 0.6 is 34.8 Å². The molecule has 4 nitrogen and oxygen atoms in total. The number of benzene rings is 2. The summed E-state index contributed by atoms with van der Waals surface area (Å²) < 4.78 is 0. The lowest BCUT2D eigenvalue weighted by Gasteiger charge is -2.36. The van der Waals surface area contributed by atoms with Crippen molar-refractivity contribution >= 4 is 52.1 Å². The van der Waals surface area contributed by atoms with E-state index in [1.165, 1.54) is 0 Å². The van der Waals surface area contributed by atoms with Crippen LogP contribution in [0.1, 0.15) is 5.56 Å². The van der Waals surface area contributed by atoms with Gasteiger partial charge in [-0.2, -0.15) is 0 Å². The topological polar surface area (TPSA) is 35.6 Å². The van der Waals surface area contributed by atoms with E-state index in [9.17, 15) is 4.79 Å². The molecule has 0 bridgehead atoms. The molecule has 7 heteroatoms. The zero-order valence-electron chi connectivity index (χ0n) is 14.4.